The van der Waals surface area contributed by atoms with Crippen LogP contribution in [-0.2, 0) is 6.18 Å². The van der Waals surface area contributed by atoms with Crippen molar-refractivity contribution in [3.05, 3.63) is 36.8 Å². The van der Waals surface area contributed by atoms with E-state index in [1.165, 1.54) is 12.1 Å². The number of alkyl halides is 3. The molecule has 111 valence electrons. The summed E-state index contributed by atoms with van der Waals surface area (Å²) in [5.74, 6) is 0. The largest absolute Gasteiger partial charge is 0.416 e. The molecule has 1 unspecified atom stereocenters. The van der Waals surface area contributed by atoms with Gasteiger partial charge in [-0.15, -0.1) is 0 Å². The number of nitrogens with zero attached hydrogens (tertiary/aromatic N) is 1. The standard InChI is InChI=1S/C15H20F3N2/c1-2-3-6-13-11-20(9-8-19-13)14-7-4-5-12(10-14)15(16,17)18/h4-5,7,10,13,19H,1-3,6,8-9,11H2. The summed E-state index contributed by atoms with van der Waals surface area (Å²) >= 11 is 0. The summed E-state index contributed by atoms with van der Waals surface area (Å²) in [6, 6.07) is 5.92. The molecule has 1 aliphatic heterocycles. The summed E-state index contributed by atoms with van der Waals surface area (Å²) < 4.78 is 38.2. The maximum Gasteiger partial charge on any atom is 0.416 e. The third kappa shape index (κ3) is 3.88. The van der Waals surface area contributed by atoms with Crippen LogP contribution in [0.3, 0.4) is 0 Å². The number of hydrogen-bond donors (Lipinski definition) is 1. The van der Waals surface area contributed by atoms with E-state index in [1.54, 1.807) is 6.07 Å². The SMILES string of the molecule is [CH2]CCCC1CN(c2cccc(C(F)(F)F)c2)CCN1. The van der Waals surface area contributed by atoms with Gasteiger partial charge in [-0.05, 0) is 24.6 Å². The van der Waals surface area contributed by atoms with Crippen LogP contribution in [-0.4, -0.2) is 25.7 Å². The molecule has 0 spiro atoms. The van der Waals surface area contributed by atoms with Crippen molar-refractivity contribution in [3.63, 3.8) is 0 Å². The first kappa shape index (κ1) is 15.2. The zero-order chi connectivity index (χ0) is 14.6. The highest BCUT2D eigenvalue weighted by molar-refractivity contribution is 5.49. The highest BCUT2D eigenvalue weighted by Gasteiger charge is 2.31. The number of halogens is 3. The lowest BCUT2D eigenvalue weighted by atomic mass is 10.1. The van der Waals surface area contributed by atoms with Crippen LogP contribution in [0.25, 0.3) is 0 Å². The number of anilines is 1. The molecular formula is C15H20F3N2. The van der Waals surface area contributed by atoms with Gasteiger partial charge in [-0.25, -0.2) is 0 Å². The Balaban J connectivity index is 2.07. The highest BCUT2D eigenvalue weighted by atomic mass is 19.4. The summed E-state index contributed by atoms with van der Waals surface area (Å²) in [4.78, 5) is 2.03. The molecule has 1 atom stereocenters. The second kappa shape index (κ2) is 6.48. The van der Waals surface area contributed by atoms with Crippen molar-refractivity contribution < 1.29 is 13.2 Å². The molecule has 0 bridgehead atoms. The lowest BCUT2D eigenvalue weighted by molar-refractivity contribution is -0.137. The minimum Gasteiger partial charge on any atom is -0.369 e. The molecule has 1 aromatic rings. The normalized spacial score (nSPS) is 20.2. The minimum absolute atomic E-state index is 0.333. The maximum absolute atomic E-state index is 12.7. The maximum atomic E-state index is 12.7. The van der Waals surface area contributed by atoms with Gasteiger partial charge in [0, 0.05) is 31.4 Å². The molecule has 2 rings (SSSR count). The van der Waals surface area contributed by atoms with Crippen LogP contribution in [0.1, 0.15) is 24.8 Å². The van der Waals surface area contributed by atoms with E-state index >= 15 is 0 Å². The molecule has 1 radical (unpaired) electrons. The first-order valence-corrected chi connectivity index (χ1v) is 6.95. The van der Waals surface area contributed by atoms with Crippen molar-refractivity contribution >= 4 is 5.69 Å². The predicted octanol–water partition coefficient (Wildman–Crippen LogP) is 3.49. The summed E-state index contributed by atoms with van der Waals surface area (Å²) in [7, 11) is 0. The van der Waals surface area contributed by atoms with Gasteiger partial charge in [-0.1, -0.05) is 25.8 Å². The molecule has 1 N–H and O–H groups in total. The fourth-order valence-corrected chi connectivity index (χ4v) is 2.52. The molecule has 0 aliphatic carbocycles. The third-order valence-corrected chi connectivity index (χ3v) is 3.60. The Morgan fingerprint density at radius 3 is 2.85 bits per heavy atom. The van der Waals surface area contributed by atoms with Gasteiger partial charge in [0.05, 0.1) is 5.56 Å². The fourth-order valence-electron chi connectivity index (χ4n) is 2.52. The molecule has 5 heteroatoms. The second-order valence-electron chi connectivity index (χ2n) is 5.14. The van der Waals surface area contributed by atoms with Gasteiger partial charge >= 0.3 is 6.18 Å². The van der Waals surface area contributed by atoms with E-state index in [2.05, 4.69) is 12.2 Å². The molecule has 0 aromatic heterocycles. The van der Waals surface area contributed by atoms with Gasteiger partial charge in [0.25, 0.3) is 0 Å². The Kier molecular flexibility index (Phi) is 4.91. The van der Waals surface area contributed by atoms with Gasteiger partial charge in [-0.3, -0.25) is 0 Å². The fraction of sp³-hybridized carbons (Fsp3) is 0.533. The van der Waals surface area contributed by atoms with Crippen LogP contribution in [0.5, 0.6) is 0 Å². The van der Waals surface area contributed by atoms with E-state index in [9.17, 15) is 13.2 Å². The Hall–Kier alpha value is -1.23. The lowest BCUT2D eigenvalue weighted by Gasteiger charge is -2.35. The molecule has 1 aliphatic rings. The molecule has 2 nitrogen and oxygen atoms in total. The second-order valence-corrected chi connectivity index (χ2v) is 5.14. The average Bonchev–Trinajstić information content (AvgIpc) is 2.45. The smallest absolute Gasteiger partial charge is 0.369 e. The van der Waals surface area contributed by atoms with Crippen LogP contribution in [0.2, 0.25) is 0 Å². The minimum atomic E-state index is -4.28. The molecule has 20 heavy (non-hydrogen) atoms. The number of rotatable bonds is 4. The van der Waals surface area contributed by atoms with E-state index < -0.39 is 11.7 Å². The van der Waals surface area contributed by atoms with Gasteiger partial charge in [0.2, 0.25) is 0 Å². The van der Waals surface area contributed by atoms with Crippen LogP contribution in [0, 0.1) is 6.92 Å². The van der Waals surface area contributed by atoms with Gasteiger partial charge in [0.15, 0.2) is 0 Å². The Morgan fingerprint density at radius 2 is 2.15 bits per heavy atom. The summed E-state index contributed by atoms with van der Waals surface area (Å²) in [5.41, 5.74) is 0.0730. The van der Waals surface area contributed by atoms with E-state index in [0.29, 0.717) is 11.7 Å². The van der Waals surface area contributed by atoms with Crippen LogP contribution >= 0.6 is 0 Å². The Morgan fingerprint density at radius 1 is 1.35 bits per heavy atom. The molecular weight excluding hydrogens is 265 g/mol. The molecule has 1 saturated heterocycles. The number of hydrogen-bond acceptors (Lipinski definition) is 2. The number of piperazine rings is 1. The van der Waals surface area contributed by atoms with E-state index in [-0.39, 0.29) is 0 Å². The van der Waals surface area contributed by atoms with Crippen molar-refractivity contribution in [2.24, 2.45) is 0 Å². The van der Waals surface area contributed by atoms with E-state index in [1.807, 2.05) is 4.90 Å². The van der Waals surface area contributed by atoms with Crippen LogP contribution in [0.15, 0.2) is 24.3 Å². The van der Waals surface area contributed by atoms with Crippen molar-refractivity contribution in [1.82, 2.24) is 5.32 Å². The molecule has 1 aromatic carbocycles. The number of unbranched alkanes of at least 4 members (excludes halogenated alkanes) is 1. The molecule has 1 fully saturated rings. The monoisotopic (exact) mass is 285 g/mol. The van der Waals surface area contributed by atoms with E-state index in [4.69, 9.17) is 0 Å². The van der Waals surface area contributed by atoms with Crippen molar-refractivity contribution in [2.75, 3.05) is 24.5 Å². The Bertz CT molecular complexity index is 431. The lowest BCUT2D eigenvalue weighted by Crippen LogP contribution is -2.50. The van der Waals surface area contributed by atoms with Crippen LogP contribution < -0.4 is 10.2 Å². The quantitative estimate of drug-likeness (QED) is 0.911. The van der Waals surface area contributed by atoms with Gasteiger partial charge in [0.1, 0.15) is 0 Å². The van der Waals surface area contributed by atoms with Crippen molar-refractivity contribution in [1.29, 1.82) is 0 Å². The van der Waals surface area contributed by atoms with Crippen molar-refractivity contribution in [3.8, 4) is 0 Å². The summed E-state index contributed by atoms with van der Waals surface area (Å²) in [6.07, 6.45) is -1.34. The third-order valence-electron chi connectivity index (χ3n) is 3.60. The summed E-state index contributed by atoms with van der Waals surface area (Å²) in [6.45, 7) is 6.11. The predicted molar refractivity (Wildman–Crippen MR) is 74.7 cm³/mol. The van der Waals surface area contributed by atoms with Gasteiger partial charge in [-0.2, -0.15) is 13.2 Å². The first-order chi connectivity index (χ1) is 9.50. The zero-order valence-electron chi connectivity index (χ0n) is 11.4. The number of nitrogens with one attached hydrogen (secondary N) is 1. The first-order valence-electron chi connectivity index (χ1n) is 6.95. The molecule has 1 heterocycles. The highest BCUT2D eigenvalue weighted by Crippen LogP contribution is 2.31. The van der Waals surface area contributed by atoms with E-state index in [0.717, 1.165) is 45.0 Å². The average molecular weight is 285 g/mol. The topological polar surface area (TPSA) is 15.3 Å². The molecule has 0 saturated carbocycles. The zero-order valence-corrected chi connectivity index (χ0v) is 11.4. The Labute approximate surface area is 118 Å². The summed E-state index contributed by atoms with van der Waals surface area (Å²) in [5, 5.41) is 3.41. The van der Waals surface area contributed by atoms with Crippen molar-refractivity contribution in [2.45, 2.75) is 31.5 Å². The van der Waals surface area contributed by atoms with Gasteiger partial charge < -0.3 is 10.2 Å². The number of benzene rings is 1. The van der Waals surface area contributed by atoms with Crippen LogP contribution in [0.4, 0.5) is 18.9 Å². The molecule has 0 amide bonds.